The summed E-state index contributed by atoms with van der Waals surface area (Å²) < 4.78 is 23.0. The summed E-state index contributed by atoms with van der Waals surface area (Å²) in [5, 5.41) is 9.81. The maximum Gasteiger partial charge on any atom is 0.572 e. The van der Waals surface area contributed by atoms with Crippen molar-refractivity contribution in [3.63, 3.8) is 0 Å². The van der Waals surface area contributed by atoms with E-state index in [1.54, 1.807) is 0 Å². The number of hydrogen-bond donors (Lipinski definition) is 1. The van der Waals surface area contributed by atoms with E-state index in [1.165, 1.54) is 76.9 Å². The molecule has 1 rings (SSSR count). The molecule has 0 fully saturated rings. The first-order valence-electron chi connectivity index (χ1n) is 8.76. The van der Waals surface area contributed by atoms with Gasteiger partial charge < -0.3 is 14.4 Å². The monoisotopic (exact) mass is 323 g/mol. The highest BCUT2D eigenvalue weighted by molar-refractivity contribution is 6.19. The Balaban J connectivity index is 1.90. The van der Waals surface area contributed by atoms with Crippen molar-refractivity contribution < 1.29 is 18.8 Å². The number of benzene rings is 1. The molecule has 1 aromatic rings. The van der Waals surface area contributed by atoms with E-state index >= 15 is 0 Å². The summed E-state index contributed by atoms with van der Waals surface area (Å²) in [6.07, 6.45) is 10.3. The molecule has 1 radical (unpaired) electrons. The molecule has 1 atom stereocenters. The molecule has 0 heterocycles. The van der Waals surface area contributed by atoms with Crippen LogP contribution in [0.3, 0.4) is 0 Å². The summed E-state index contributed by atoms with van der Waals surface area (Å²) in [6, 6.07) is 5.68. The van der Waals surface area contributed by atoms with Crippen LogP contribution in [0.25, 0.3) is 0 Å². The van der Waals surface area contributed by atoms with Crippen LogP contribution in [-0.4, -0.2) is 25.5 Å². The van der Waals surface area contributed by atoms with E-state index in [0.717, 1.165) is 12.8 Å². The van der Waals surface area contributed by atoms with E-state index in [2.05, 4.69) is 6.92 Å². The molecule has 0 aliphatic carbocycles. The molecule has 0 aliphatic heterocycles. The largest absolute Gasteiger partial charge is 0.572 e. The minimum Gasteiger partial charge on any atom is -0.537 e. The summed E-state index contributed by atoms with van der Waals surface area (Å²) in [4.78, 5) is 0. The van der Waals surface area contributed by atoms with Crippen LogP contribution in [0.15, 0.2) is 24.3 Å². The van der Waals surface area contributed by atoms with Crippen LogP contribution in [0, 0.1) is 5.82 Å². The van der Waals surface area contributed by atoms with Crippen LogP contribution in [0.4, 0.5) is 4.39 Å². The molecule has 0 spiro atoms. The highest BCUT2D eigenvalue weighted by Crippen LogP contribution is 2.12. The van der Waals surface area contributed by atoms with Crippen molar-refractivity contribution in [2.24, 2.45) is 0 Å². The predicted octanol–water partition coefficient (Wildman–Crippen LogP) is 4.65. The molecule has 1 aromatic carbocycles. The van der Waals surface area contributed by atoms with Crippen molar-refractivity contribution in [1.29, 1.82) is 0 Å². The molecule has 5 heteroatoms. The van der Waals surface area contributed by atoms with Gasteiger partial charge in [-0.15, -0.1) is 0 Å². The molecule has 1 unspecified atom stereocenters. The SMILES string of the molecule is CCCCCCCCCCC(O)CO[B]Oc1ccc(F)cc1. The smallest absolute Gasteiger partial charge is 0.537 e. The number of hydrogen-bond acceptors (Lipinski definition) is 3. The lowest BCUT2D eigenvalue weighted by atomic mass is 10.1. The van der Waals surface area contributed by atoms with Gasteiger partial charge in [-0.2, -0.15) is 0 Å². The second-order valence-electron chi connectivity index (χ2n) is 5.92. The Labute approximate surface area is 140 Å². The topological polar surface area (TPSA) is 38.7 Å². The summed E-state index contributed by atoms with van der Waals surface area (Å²) in [7, 11) is 1.18. The molecule has 23 heavy (non-hydrogen) atoms. The molecular formula is C18H29BFO3. The highest BCUT2D eigenvalue weighted by atomic mass is 19.1. The standard InChI is InChI=1S/C18H29BFO3/c1-2-3-4-5-6-7-8-9-10-17(21)15-22-19-23-18-13-11-16(20)12-14-18/h11-14,17,21H,2-10,15H2,1H3. The zero-order valence-corrected chi connectivity index (χ0v) is 14.2. The fraction of sp³-hybridized carbons (Fsp3) is 0.667. The number of aliphatic hydroxyl groups is 1. The van der Waals surface area contributed by atoms with Crippen molar-refractivity contribution in [2.75, 3.05) is 6.61 Å². The number of unbranched alkanes of at least 4 members (excludes halogenated alkanes) is 7. The van der Waals surface area contributed by atoms with Crippen LogP contribution in [0.1, 0.15) is 64.7 Å². The third-order valence-corrected chi connectivity index (χ3v) is 3.75. The van der Waals surface area contributed by atoms with Gasteiger partial charge in [0.05, 0.1) is 12.7 Å². The normalized spacial score (nSPS) is 12.1. The number of halogens is 1. The van der Waals surface area contributed by atoms with Crippen molar-refractivity contribution >= 4 is 7.69 Å². The maximum absolute atomic E-state index is 12.7. The first-order chi connectivity index (χ1) is 11.2. The van der Waals surface area contributed by atoms with E-state index in [0.29, 0.717) is 5.75 Å². The quantitative estimate of drug-likeness (QED) is 0.400. The average Bonchev–Trinajstić information content (AvgIpc) is 2.56. The second-order valence-corrected chi connectivity index (χ2v) is 5.92. The Morgan fingerprint density at radius 3 is 2.26 bits per heavy atom. The van der Waals surface area contributed by atoms with Crippen LogP contribution >= 0.6 is 0 Å². The highest BCUT2D eigenvalue weighted by Gasteiger charge is 2.06. The molecule has 0 aliphatic rings. The molecular weight excluding hydrogens is 294 g/mol. The maximum atomic E-state index is 12.7. The van der Waals surface area contributed by atoms with Crippen molar-refractivity contribution in [3.8, 4) is 5.75 Å². The van der Waals surface area contributed by atoms with Gasteiger partial charge in [-0.25, -0.2) is 4.39 Å². The van der Waals surface area contributed by atoms with Crippen LogP contribution in [-0.2, 0) is 4.65 Å². The molecule has 1 N–H and O–H groups in total. The van der Waals surface area contributed by atoms with Gasteiger partial charge in [0, 0.05) is 0 Å². The lowest BCUT2D eigenvalue weighted by Gasteiger charge is -2.11. The van der Waals surface area contributed by atoms with Gasteiger partial charge in [0.15, 0.2) is 0 Å². The third-order valence-electron chi connectivity index (χ3n) is 3.75. The lowest BCUT2D eigenvalue weighted by molar-refractivity contribution is 0.0930. The predicted molar refractivity (Wildman–Crippen MR) is 92.0 cm³/mol. The van der Waals surface area contributed by atoms with E-state index < -0.39 is 6.10 Å². The fourth-order valence-electron chi connectivity index (χ4n) is 2.35. The van der Waals surface area contributed by atoms with E-state index in [9.17, 15) is 9.50 Å². The zero-order valence-electron chi connectivity index (χ0n) is 14.2. The molecule has 129 valence electrons. The Bertz CT molecular complexity index is 386. The number of rotatable bonds is 14. The minimum atomic E-state index is -0.469. The van der Waals surface area contributed by atoms with Gasteiger partial charge >= 0.3 is 7.69 Å². The van der Waals surface area contributed by atoms with Gasteiger partial charge in [-0.3, -0.25) is 0 Å². The average molecular weight is 323 g/mol. The van der Waals surface area contributed by atoms with E-state index in [4.69, 9.17) is 9.31 Å². The van der Waals surface area contributed by atoms with Gasteiger partial charge in [-0.05, 0) is 30.7 Å². The Hall–Kier alpha value is -1.07. The van der Waals surface area contributed by atoms with Crippen LogP contribution in [0.5, 0.6) is 5.75 Å². The van der Waals surface area contributed by atoms with Gasteiger partial charge in [0.1, 0.15) is 11.6 Å². The molecule has 3 nitrogen and oxygen atoms in total. The molecule has 0 saturated carbocycles. The molecule has 0 saturated heterocycles. The van der Waals surface area contributed by atoms with Crippen molar-refractivity contribution in [2.45, 2.75) is 70.8 Å². The Morgan fingerprint density at radius 2 is 1.61 bits per heavy atom. The molecule has 0 amide bonds. The zero-order chi connectivity index (χ0) is 16.8. The van der Waals surface area contributed by atoms with Gasteiger partial charge in [-0.1, -0.05) is 58.3 Å². The summed E-state index contributed by atoms with van der Waals surface area (Å²) in [5.74, 6) is 0.197. The van der Waals surface area contributed by atoms with Crippen molar-refractivity contribution in [3.05, 3.63) is 30.1 Å². The first-order valence-corrected chi connectivity index (χ1v) is 8.76. The summed E-state index contributed by atoms with van der Waals surface area (Å²) in [5.41, 5.74) is 0. The van der Waals surface area contributed by atoms with Gasteiger partial charge in [0.25, 0.3) is 0 Å². The number of aliphatic hydroxyl groups excluding tert-OH is 1. The van der Waals surface area contributed by atoms with E-state index in [-0.39, 0.29) is 12.4 Å². The fourth-order valence-corrected chi connectivity index (χ4v) is 2.35. The summed E-state index contributed by atoms with van der Waals surface area (Å²) in [6.45, 7) is 2.45. The lowest BCUT2D eigenvalue weighted by Crippen LogP contribution is -2.19. The van der Waals surface area contributed by atoms with Crippen LogP contribution in [0.2, 0.25) is 0 Å². The van der Waals surface area contributed by atoms with E-state index in [1.807, 2.05) is 0 Å². The second kappa shape index (κ2) is 13.4. The first kappa shape index (κ1) is 20.0. The summed E-state index contributed by atoms with van der Waals surface area (Å²) >= 11 is 0. The van der Waals surface area contributed by atoms with Crippen molar-refractivity contribution in [1.82, 2.24) is 0 Å². The molecule has 0 aromatic heterocycles. The Morgan fingerprint density at radius 1 is 1.00 bits per heavy atom. The molecule has 0 bridgehead atoms. The third kappa shape index (κ3) is 11.2. The minimum absolute atomic E-state index is 0.220. The van der Waals surface area contributed by atoms with Crippen LogP contribution < -0.4 is 4.65 Å². The van der Waals surface area contributed by atoms with Gasteiger partial charge in [0.2, 0.25) is 0 Å². The Kier molecular flexibility index (Phi) is 11.6.